The molecule has 2 heterocycles. The van der Waals surface area contributed by atoms with Crippen LogP contribution in [0.15, 0.2) is 18.5 Å². The van der Waals surface area contributed by atoms with Crippen LogP contribution < -0.4 is 5.32 Å². The number of hydrogen-bond donors (Lipinski definition) is 1. The van der Waals surface area contributed by atoms with E-state index in [1.165, 1.54) is 0 Å². The van der Waals surface area contributed by atoms with Crippen molar-refractivity contribution >= 4 is 11.6 Å². The highest BCUT2D eigenvalue weighted by atomic mass is 16.5. The van der Waals surface area contributed by atoms with Crippen LogP contribution in [0.1, 0.15) is 23.7 Å². The Morgan fingerprint density at radius 3 is 3.00 bits per heavy atom. The maximum atomic E-state index is 12.4. The normalized spacial score (nSPS) is 15.5. The molecule has 1 aromatic heterocycles. The van der Waals surface area contributed by atoms with Gasteiger partial charge in [-0.3, -0.25) is 9.78 Å². The van der Waals surface area contributed by atoms with E-state index in [1.54, 1.807) is 12.4 Å². The molecule has 1 N–H and O–H groups in total. The maximum Gasteiger partial charge on any atom is 0.257 e. The van der Waals surface area contributed by atoms with Crippen LogP contribution in [0.2, 0.25) is 0 Å². The monoisotopic (exact) mass is 249 g/mol. The highest BCUT2D eigenvalue weighted by Gasteiger charge is 2.20. The van der Waals surface area contributed by atoms with Crippen molar-refractivity contribution in [2.45, 2.75) is 13.3 Å². The molecular weight excluding hydrogens is 230 g/mol. The number of ether oxygens (including phenoxy) is 1. The SMILES string of the molecule is CCCNc1ccncc1C(=O)N1CCOCC1. The number of nitrogens with one attached hydrogen (secondary N) is 1. The minimum atomic E-state index is 0.0324. The van der Waals surface area contributed by atoms with Crippen LogP contribution in [0.3, 0.4) is 0 Å². The van der Waals surface area contributed by atoms with Gasteiger partial charge in [0, 0.05) is 32.0 Å². The van der Waals surface area contributed by atoms with Crippen molar-refractivity contribution < 1.29 is 9.53 Å². The maximum absolute atomic E-state index is 12.4. The van der Waals surface area contributed by atoms with Crippen molar-refractivity contribution in [2.75, 3.05) is 38.2 Å². The van der Waals surface area contributed by atoms with Crippen molar-refractivity contribution in [1.82, 2.24) is 9.88 Å². The average Bonchev–Trinajstić information content (AvgIpc) is 2.45. The topological polar surface area (TPSA) is 54.5 Å². The zero-order valence-corrected chi connectivity index (χ0v) is 10.7. The number of aromatic nitrogens is 1. The van der Waals surface area contributed by atoms with Gasteiger partial charge in [0.25, 0.3) is 5.91 Å². The minimum Gasteiger partial charge on any atom is -0.384 e. The second-order valence-corrected chi connectivity index (χ2v) is 4.25. The molecule has 0 atom stereocenters. The molecule has 0 spiro atoms. The summed E-state index contributed by atoms with van der Waals surface area (Å²) in [4.78, 5) is 18.2. The van der Waals surface area contributed by atoms with Gasteiger partial charge in [0.15, 0.2) is 0 Å². The van der Waals surface area contributed by atoms with Gasteiger partial charge >= 0.3 is 0 Å². The van der Waals surface area contributed by atoms with Crippen molar-refractivity contribution in [3.05, 3.63) is 24.0 Å². The molecule has 1 fully saturated rings. The molecule has 1 amide bonds. The van der Waals surface area contributed by atoms with Crippen LogP contribution in [0.4, 0.5) is 5.69 Å². The second kappa shape index (κ2) is 6.35. The molecule has 5 heteroatoms. The van der Waals surface area contributed by atoms with E-state index >= 15 is 0 Å². The predicted octanol–water partition coefficient (Wildman–Crippen LogP) is 1.38. The van der Waals surface area contributed by atoms with Crippen LogP contribution in [0, 0.1) is 0 Å². The third-order valence-corrected chi connectivity index (χ3v) is 2.92. The molecule has 1 aliphatic rings. The molecule has 0 unspecified atom stereocenters. The lowest BCUT2D eigenvalue weighted by Crippen LogP contribution is -2.41. The molecule has 0 aliphatic carbocycles. The van der Waals surface area contributed by atoms with Gasteiger partial charge in [-0.2, -0.15) is 0 Å². The number of carbonyl (C=O) groups excluding carboxylic acids is 1. The van der Waals surface area contributed by atoms with Gasteiger partial charge in [-0.05, 0) is 12.5 Å². The third-order valence-electron chi connectivity index (χ3n) is 2.92. The van der Waals surface area contributed by atoms with Gasteiger partial charge in [-0.25, -0.2) is 0 Å². The van der Waals surface area contributed by atoms with E-state index in [1.807, 2.05) is 11.0 Å². The Morgan fingerprint density at radius 1 is 1.50 bits per heavy atom. The highest BCUT2D eigenvalue weighted by molar-refractivity contribution is 5.99. The molecule has 1 aliphatic heterocycles. The summed E-state index contributed by atoms with van der Waals surface area (Å²) in [5.41, 5.74) is 1.51. The number of pyridine rings is 1. The lowest BCUT2D eigenvalue weighted by atomic mass is 10.2. The number of amides is 1. The summed E-state index contributed by atoms with van der Waals surface area (Å²) in [6.07, 6.45) is 4.36. The summed E-state index contributed by atoms with van der Waals surface area (Å²) in [5.74, 6) is 0.0324. The highest BCUT2D eigenvalue weighted by Crippen LogP contribution is 2.16. The van der Waals surface area contributed by atoms with Crippen molar-refractivity contribution in [3.8, 4) is 0 Å². The van der Waals surface area contributed by atoms with Gasteiger partial charge < -0.3 is 15.0 Å². The first-order valence-electron chi connectivity index (χ1n) is 6.38. The average molecular weight is 249 g/mol. The van der Waals surface area contributed by atoms with Gasteiger partial charge in [0.05, 0.1) is 24.5 Å². The zero-order valence-electron chi connectivity index (χ0n) is 10.7. The molecular formula is C13H19N3O2. The first-order chi connectivity index (χ1) is 8.83. The Morgan fingerprint density at radius 2 is 2.28 bits per heavy atom. The molecule has 0 bridgehead atoms. The summed E-state index contributed by atoms with van der Waals surface area (Å²) >= 11 is 0. The lowest BCUT2D eigenvalue weighted by molar-refractivity contribution is 0.0303. The zero-order chi connectivity index (χ0) is 12.8. The molecule has 0 radical (unpaired) electrons. The van der Waals surface area contributed by atoms with E-state index in [9.17, 15) is 4.79 Å². The van der Waals surface area contributed by atoms with Crippen LogP contribution in [-0.2, 0) is 4.74 Å². The molecule has 1 aromatic rings. The van der Waals surface area contributed by atoms with E-state index in [4.69, 9.17) is 4.74 Å². The fourth-order valence-corrected chi connectivity index (χ4v) is 1.92. The number of morpholine rings is 1. The first kappa shape index (κ1) is 12.8. The fraction of sp³-hybridized carbons (Fsp3) is 0.538. The predicted molar refractivity (Wildman–Crippen MR) is 69.7 cm³/mol. The van der Waals surface area contributed by atoms with Gasteiger partial charge in [-0.1, -0.05) is 6.92 Å². The Balaban J connectivity index is 2.12. The van der Waals surface area contributed by atoms with Gasteiger partial charge in [-0.15, -0.1) is 0 Å². The van der Waals surface area contributed by atoms with Gasteiger partial charge in [0.1, 0.15) is 0 Å². The smallest absolute Gasteiger partial charge is 0.257 e. The van der Waals surface area contributed by atoms with E-state index in [2.05, 4.69) is 17.2 Å². The lowest BCUT2D eigenvalue weighted by Gasteiger charge is -2.27. The summed E-state index contributed by atoms with van der Waals surface area (Å²) in [6, 6.07) is 1.85. The number of rotatable bonds is 4. The third kappa shape index (κ3) is 2.98. The molecule has 5 nitrogen and oxygen atoms in total. The van der Waals surface area contributed by atoms with Gasteiger partial charge in [0.2, 0.25) is 0 Å². The van der Waals surface area contributed by atoms with E-state index in [0.717, 1.165) is 18.7 Å². The first-order valence-corrected chi connectivity index (χ1v) is 6.38. The van der Waals surface area contributed by atoms with Crippen molar-refractivity contribution in [3.63, 3.8) is 0 Å². The largest absolute Gasteiger partial charge is 0.384 e. The van der Waals surface area contributed by atoms with E-state index in [-0.39, 0.29) is 5.91 Å². The van der Waals surface area contributed by atoms with E-state index in [0.29, 0.717) is 31.9 Å². The summed E-state index contributed by atoms with van der Waals surface area (Å²) in [5, 5.41) is 3.26. The number of anilines is 1. The molecule has 0 aromatic carbocycles. The molecule has 0 saturated carbocycles. The molecule has 98 valence electrons. The number of carbonyl (C=O) groups is 1. The van der Waals surface area contributed by atoms with Crippen molar-refractivity contribution in [2.24, 2.45) is 0 Å². The summed E-state index contributed by atoms with van der Waals surface area (Å²) < 4.78 is 5.26. The standard InChI is InChI=1S/C13H19N3O2/c1-2-4-15-12-3-5-14-10-11(12)13(17)16-6-8-18-9-7-16/h3,5,10H,2,4,6-9H2,1H3,(H,14,15). The Kier molecular flexibility index (Phi) is 4.52. The Hall–Kier alpha value is -1.62. The minimum absolute atomic E-state index is 0.0324. The van der Waals surface area contributed by atoms with E-state index < -0.39 is 0 Å². The van der Waals surface area contributed by atoms with Crippen LogP contribution in [0.5, 0.6) is 0 Å². The molecule has 1 saturated heterocycles. The number of nitrogens with zero attached hydrogens (tertiary/aromatic N) is 2. The number of hydrogen-bond acceptors (Lipinski definition) is 4. The Labute approximate surface area is 107 Å². The quantitative estimate of drug-likeness (QED) is 0.875. The molecule has 2 rings (SSSR count). The summed E-state index contributed by atoms with van der Waals surface area (Å²) in [7, 11) is 0. The van der Waals surface area contributed by atoms with Crippen LogP contribution in [0.25, 0.3) is 0 Å². The fourth-order valence-electron chi connectivity index (χ4n) is 1.92. The van der Waals surface area contributed by atoms with Crippen LogP contribution in [-0.4, -0.2) is 48.6 Å². The van der Waals surface area contributed by atoms with Crippen molar-refractivity contribution in [1.29, 1.82) is 0 Å². The van der Waals surface area contributed by atoms with Crippen LogP contribution >= 0.6 is 0 Å². The summed E-state index contributed by atoms with van der Waals surface area (Å²) in [6.45, 7) is 5.49. The molecule has 18 heavy (non-hydrogen) atoms. The second-order valence-electron chi connectivity index (χ2n) is 4.25. The Bertz CT molecular complexity index is 403.